The number of carbonyl (C=O) groups is 1. The van der Waals surface area contributed by atoms with Crippen molar-refractivity contribution in [3.8, 4) is 0 Å². The lowest BCUT2D eigenvalue weighted by Gasteiger charge is -2.17. The molecule has 0 radical (unpaired) electrons. The van der Waals surface area contributed by atoms with Crippen LogP contribution >= 0.6 is 0 Å². The second-order valence-corrected chi connectivity index (χ2v) is 6.24. The minimum atomic E-state index is 0.156. The molecule has 2 rings (SSSR count). The average molecular weight is 280 g/mol. The van der Waals surface area contributed by atoms with Crippen LogP contribution in [-0.4, -0.2) is 5.78 Å². The number of ketones is 1. The van der Waals surface area contributed by atoms with Crippen LogP contribution in [0.2, 0.25) is 0 Å². The third-order valence-corrected chi connectivity index (χ3v) is 4.49. The minimum Gasteiger partial charge on any atom is -0.289 e. The van der Waals surface area contributed by atoms with E-state index in [0.29, 0.717) is 0 Å². The Kier molecular flexibility index (Phi) is 4.04. The molecule has 0 N–H and O–H groups in total. The maximum Gasteiger partial charge on any atom is 0.194 e. The zero-order chi connectivity index (χ0) is 15.9. The molecule has 1 heteroatoms. The Morgan fingerprint density at radius 2 is 1.10 bits per heavy atom. The van der Waals surface area contributed by atoms with Crippen LogP contribution in [0.5, 0.6) is 0 Å². The highest BCUT2D eigenvalue weighted by molar-refractivity contribution is 6.12. The molecule has 0 atom stereocenters. The van der Waals surface area contributed by atoms with Crippen molar-refractivity contribution in [1.29, 1.82) is 0 Å². The van der Waals surface area contributed by atoms with E-state index in [1.807, 2.05) is 20.8 Å². The first-order valence-corrected chi connectivity index (χ1v) is 7.44. The second-order valence-electron chi connectivity index (χ2n) is 6.24. The van der Waals surface area contributed by atoms with Crippen LogP contribution in [-0.2, 0) is 0 Å². The fraction of sp³-hybridized carbons (Fsp3) is 0.350. The summed E-state index contributed by atoms with van der Waals surface area (Å²) in [5.41, 5.74) is 9.70. The fourth-order valence-electron chi connectivity index (χ4n) is 3.30. The summed E-state index contributed by atoms with van der Waals surface area (Å²) < 4.78 is 0. The Balaban J connectivity index is 2.70. The summed E-state index contributed by atoms with van der Waals surface area (Å²) in [5.74, 6) is 0.156. The standard InChI is InChI=1S/C20H24O/c1-11-8-13(3)18(14(4)9-11)20(21)19-15(5)10-12(2)16(6)17(19)7/h8-10H,1-7H3. The van der Waals surface area contributed by atoms with Gasteiger partial charge in [-0.2, -0.15) is 0 Å². The van der Waals surface area contributed by atoms with Gasteiger partial charge < -0.3 is 0 Å². The van der Waals surface area contributed by atoms with E-state index in [4.69, 9.17) is 0 Å². The quantitative estimate of drug-likeness (QED) is 0.701. The van der Waals surface area contributed by atoms with Gasteiger partial charge in [0, 0.05) is 11.1 Å². The van der Waals surface area contributed by atoms with Crippen molar-refractivity contribution in [2.75, 3.05) is 0 Å². The van der Waals surface area contributed by atoms with Gasteiger partial charge in [0.05, 0.1) is 0 Å². The lowest BCUT2D eigenvalue weighted by molar-refractivity contribution is 0.103. The number of carbonyl (C=O) groups excluding carboxylic acids is 1. The summed E-state index contributed by atoms with van der Waals surface area (Å²) in [4.78, 5) is 13.1. The summed E-state index contributed by atoms with van der Waals surface area (Å²) in [6.07, 6.45) is 0. The van der Waals surface area contributed by atoms with Gasteiger partial charge in [-0.3, -0.25) is 4.79 Å². The van der Waals surface area contributed by atoms with E-state index in [-0.39, 0.29) is 5.78 Å². The third-order valence-electron chi connectivity index (χ3n) is 4.49. The first kappa shape index (κ1) is 15.5. The highest BCUT2D eigenvalue weighted by Gasteiger charge is 2.20. The second kappa shape index (κ2) is 5.48. The molecule has 2 aromatic carbocycles. The zero-order valence-electron chi connectivity index (χ0n) is 14.1. The Bertz CT molecular complexity index is 713. The van der Waals surface area contributed by atoms with Gasteiger partial charge in [-0.15, -0.1) is 0 Å². The molecule has 0 aliphatic carbocycles. The zero-order valence-corrected chi connectivity index (χ0v) is 14.1. The Hall–Kier alpha value is -1.89. The predicted octanol–water partition coefficient (Wildman–Crippen LogP) is 5.08. The largest absolute Gasteiger partial charge is 0.289 e. The van der Waals surface area contributed by atoms with Crippen molar-refractivity contribution in [2.45, 2.75) is 48.5 Å². The van der Waals surface area contributed by atoms with Crippen LogP contribution in [0.4, 0.5) is 0 Å². The van der Waals surface area contributed by atoms with E-state index >= 15 is 0 Å². The van der Waals surface area contributed by atoms with Gasteiger partial charge in [0.25, 0.3) is 0 Å². The van der Waals surface area contributed by atoms with E-state index in [9.17, 15) is 4.79 Å². The molecule has 0 aliphatic heterocycles. The summed E-state index contributed by atoms with van der Waals surface area (Å²) in [7, 11) is 0. The highest BCUT2D eigenvalue weighted by atomic mass is 16.1. The first-order chi connectivity index (χ1) is 9.73. The summed E-state index contributed by atoms with van der Waals surface area (Å²) >= 11 is 0. The van der Waals surface area contributed by atoms with Crippen molar-refractivity contribution in [3.05, 3.63) is 68.3 Å². The van der Waals surface area contributed by atoms with Crippen LogP contribution in [0.25, 0.3) is 0 Å². The minimum absolute atomic E-state index is 0.156. The summed E-state index contributed by atoms with van der Waals surface area (Å²) in [5, 5.41) is 0. The van der Waals surface area contributed by atoms with Crippen molar-refractivity contribution in [1.82, 2.24) is 0 Å². The van der Waals surface area contributed by atoms with Gasteiger partial charge in [0.2, 0.25) is 0 Å². The van der Waals surface area contributed by atoms with Crippen LogP contribution in [0.3, 0.4) is 0 Å². The van der Waals surface area contributed by atoms with Crippen LogP contribution in [0, 0.1) is 48.5 Å². The molecule has 0 bridgehead atoms. The predicted molar refractivity (Wildman–Crippen MR) is 89.5 cm³/mol. The van der Waals surface area contributed by atoms with Crippen LogP contribution < -0.4 is 0 Å². The molecule has 0 aromatic heterocycles. The Morgan fingerprint density at radius 1 is 0.619 bits per heavy atom. The van der Waals surface area contributed by atoms with E-state index in [2.05, 4.69) is 45.9 Å². The van der Waals surface area contributed by atoms with Gasteiger partial charge >= 0.3 is 0 Å². The van der Waals surface area contributed by atoms with E-state index in [1.165, 1.54) is 16.7 Å². The SMILES string of the molecule is Cc1cc(C)c(C(=O)c2c(C)cc(C)c(C)c2C)c(C)c1. The first-order valence-electron chi connectivity index (χ1n) is 7.44. The number of benzene rings is 2. The molecule has 0 heterocycles. The van der Waals surface area contributed by atoms with Crippen LogP contribution in [0.1, 0.15) is 54.9 Å². The molecule has 0 saturated heterocycles. The molecule has 0 spiro atoms. The van der Waals surface area contributed by atoms with Crippen molar-refractivity contribution < 1.29 is 4.79 Å². The van der Waals surface area contributed by atoms with Gasteiger partial charge in [-0.1, -0.05) is 23.8 Å². The molecular weight excluding hydrogens is 256 g/mol. The molecule has 0 unspecified atom stereocenters. The number of aryl methyl sites for hydroxylation is 5. The average Bonchev–Trinajstić information content (AvgIpc) is 2.34. The molecule has 110 valence electrons. The lowest BCUT2D eigenvalue weighted by Crippen LogP contribution is -2.12. The van der Waals surface area contributed by atoms with Crippen molar-refractivity contribution in [2.24, 2.45) is 0 Å². The molecule has 0 saturated carbocycles. The monoisotopic (exact) mass is 280 g/mol. The summed E-state index contributed by atoms with van der Waals surface area (Å²) in [6.45, 7) is 14.4. The Morgan fingerprint density at radius 3 is 1.62 bits per heavy atom. The van der Waals surface area contributed by atoms with Gasteiger partial charge in [0.15, 0.2) is 5.78 Å². The molecule has 0 fully saturated rings. The van der Waals surface area contributed by atoms with Gasteiger partial charge in [0.1, 0.15) is 0 Å². The molecule has 21 heavy (non-hydrogen) atoms. The maximum absolute atomic E-state index is 13.1. The topological polar surface area (TPSA) is 17.1 Å². The van der Waals surface area contributed by atoms with Crippen LogP contribution in [0.15, 0.2) is 18.2 Å². The number of rotatable bonds is 2. The maximum atomic E-state index is 13.1. The molecule has 2 aromatic rings. The number of hydrogen-bond acceptors (Lipinski definition) is 1. The smallest absolute Gasteiger partial charge is 0.194 e. The van der Waals surface area contributed by atoms with Crippen molar-refractivity contribution in [3.63, 3.8) is 0 Å². The fourth-order valence-corrected chi connectivity index (χ4v) is 3.30. The third kappa shape index (κ3) is 2.65. The van der Waals surface area contributed by atoms with Crippen molar-refractivity contribution >= 4 is 5.78 Å². The number of hydrogen-bond donors (Lipinski definition) is 0. The molecule has 0 amide bonds. The molecule has 1 nitrogen and oxygen atoms in total. The lowest BCUT2D eigenvalue weighted by atomic mass is 9.86. The van der Waals surface area contributed by atoms with E-state index in [1.54, 1.807) is 0 Å². The normalized spacial score (nSPS) is 10.8. The molecule has 0 aliphatic rings. The van der Waals surface area contributed by atoms with Gasteiger partial charge in [-0.05, 0) is 81.8 Å². The van der Waals surface area contributed by atoms with E-state index in [0.717, 1.165) is 33.4 Å². The van der Waals surface area contributed by atoms with Gasteiger partial charge in [-0.25, -0.2) is 0 Å². The summed E-state index contributed by atoms with van der Waals surface area (Å²) in [6, 6.07) is 6.30. The molecular formula is C20H24O. The Labute approximate surface area is 128 Å². The highest BCUT2D eigenvalue weighted by Crippen LogP contribution is 2.27. The van der Waals surface area contributed by atoms with E-state index < -0.39 is 0 Å².